The molecule has 0 aromatic heterocycles. The van der Waals surface area contributed by atoms with E-state index in [-0.39, 0.29) is 12.4 Å². The van der Waals surface area contributed by atoms with Crippen LogP contribution in [-0.2, 0) is 9.59 Å². The van der Waals surface area contributed by atoms with Gasteiger partial charge < -0.3 is 24.1 Å². The van der Waals surface area contributed by atoms with Crippen molar-refractivity contribution in [2.75, 3.05) is 20.3 Å². The van der Waals surface area contributed by atoms with Gasteiger partial charge in [0.05, 0.1) is 18.8 Å². The predicted molar refractivity (Wildman–Crippen MR) is 106 cm³/mol. The van der Waals surface area contributed by atoms with Gasteiger partial charge in [-0.25, -0.2) is 5.43 Å². The number of methoxy groups -OCH3 is 1. The van der Waals surface area contributed by atoms with Crippen molar-refractivity contribution in [2.24, 2.45) is 5.10 Å². The first-order valence-corrected chi connectivity index (χ1v) is 8.91. The van der Waals surface area contributed by atoms with Crippen LogP contribution in [0.25, 0.3) is 0 Å². The number of aryl methyl sites for hydroxylation is 1. The molecule has 0 unspecified atom stereocenters. The van der Waals surface area contributed by atoms with Crippen molar-refractivity contribution >= 4 is 29.2 Å². The zero-order valence-corrected chi connectivity index (χ0v) is 16.9. The summed E-state index contributed by atoms with van der Waals surface area (Å²) in [6.45, 7) is 2.73. The highest BCUT2D eigenvalue weighted by atomic mass is 35.5. The van der Waals surface area contributed by atoms with Gasteiger partial charge in [0, 0.05) is 10.6 Å². The number of carbonyl (C=O) groups excluding carboxylic acids is 2. The van der Waals surface area contributed by atoms with Crippen molar-refractivity contribution in [1.82, 2.24) is 5.43 Å². The Hall–Kier alpha value is -3.26. The molecule has 0 heterocycles. The largest absolute Gasteiger partial charge is 0.546 e. The number of carbonyl (C=O) groups is 2. The molecule has 0 aliphatic rings. The first kappa shape index (κ1) is 22.0. The molecule has 0 aliphatic heterocycles. The number of rotatable bonds is 9. The van der Waals surface area contributed by atoms with Crippen LogP contribution in [0.15, 0.2) is 41.5 Å². The zero-order chi connectivity index (χ0) is 21.4. The number of hydrazone groups is 1. The van der Waals surface area contributed by atoms with Crippen LogP contribution < -0.4 is 24.7 Å². The summed E-state index contributed by atoms with van der Waals surface area (Å²) >= 11 is 5.95. The van der Waals surface area contributed by atoms with Crippen LogP contribution in [0, 0.1) is 6.92 Å². The average molecular weight is 420 g/mol. The third-order valence-electron chi connectivity index (χ3n) is 3.77. The van der Waals surface area contributed by atoms with Crippen LogP contribution in [0.3, 0.4) is 0 Å². The van der Waals surface area contributed by atoms with Gasteiger partial charge >= 0.3 is 0 Å². The van der Waals surface area contributed by atoms with Gasteiger partial charge in [-0.2, -0.15) is 5.10 Å². The number of benzene rings is 2. The minimum atomic E-state index is -1.34. The highest BCUT2D eigenvalue weighted by molar-refractivity contribution is 6.31. The molecule has 9 heteroatoms. The lowest BCUT2D eigenvalue weighted by Crippen LogP contribution is -2.29. The first-order chi connectivity index (χ1) is 13.8. The summed E-state index contributed by atoms with van der Waals surface area (Å²) < 4.78 is 15.7. The predicted octanol–water partition coefficient (Wildman–Crippen LogP) is 1.70. The van der Waals surface area contributed by atoms with E-state index in [0.717, 1.165) is 5.56 Å². The molecule has 0 saturated heterocycles. The lowest BCUT2D eigenvalue weighted by atomic mass is 10.1. The topological polar surface area (TPSA) is 109 Å². The number of ether oxygens (including phenoxy) is 3. The first-order valence-electron chi connectivity index (χ1n) is 8.53. The third kappa shape index (κ3) is 6.69. The molecule has 0 aliphatic carbocycles. The summed E-state index contributed by atoms with van der Waals surface area (Å²) in [4.78, 5) is 22.5. The van der Waals surface area contributed by atoms with Crippen molar-refractivity contribution in [1.29, 1.82) is 0 Å². The minimum Gasteiger partial charge on any atom is -0.546 e. The number of carboxylic acid groups (broad SMARTS) is 1. The molecule has 0 saturated carbocycles. The number of amides is 1. The van der Waals surface area contributed by atoms with Gasteiger partial charge in [0.1, 0.15) is 12.4 Å². The van der Waals surface area contributed by atoms with E-state index in [1.165, 1.54) is 7.11 Å². The highest BCUT2D eigenvalue weighted by Gasteiger charge is 2.09. The summed E-state index contributed by atoms with van der Waals surface area (Å²) in [5.41, 5.74) is 4.41. The van der Waals surface area contributed by atoms with E-state index in [4.69, 9.17) is 25.8 Å². The molecule has 29 heavy (non-hydrogen) atoms. The Morgan fingerprint density at radius 3 is 2.52 bits per heavy atom. The monoisotopic (exact) mass is 419 g/mol. The molecule has 2 rings (SSSR count). The van der Waals surface area contributed by atoms with Gasteiger partial charge in [-0.1, -0.05) is 11.6 Å². The lowest BCUT2D eigenvalue weighted by molar-refractivity contribution is -0.307. The Balaban J connectivity index is 1.96. The second kappa shape index (κ2) is 10.3. The van der Waals surface area contributed by atoms with Crippen LogP contribution in [0.4, 0.5) is 0 Å². The van der Waals surface area contributed by atoms with Gasteiger partial charge in [0.2, 0.25) is 0 Å². The molecule has 0 spiro atoms. The Bertz CT molecular complexity index is 929. The fraction of sp³-hybridized carbons (Fsp3) is 0.250. The van der Waals surface area contributed by atoms with Crippen LogP contribution in [0.1, 0.15) is 18.1 Å². The van der Waals surface area contributed by atoms with Crippen molar-refractivity contribution in [3.8, 4) is 17.2 Å². The molecule has 154 valence electrons. The normalized spacial score (nSPS) is 11.0. The second-order valence-electron chi connectivity index (χ2n) is 5.96. The molecule has 1 amide bonds. The number of aliphatic carboxylic acids is 1. The quantitative estimate of drug-likeness (QED) is 0.489. The molecule has 0 bridgehead atoms. The molecular formula is C20H20ClN2O6-. The van der Waals surface area contributed by atoms with Crippen molar-refractivity contribution < 1.29 is 28.9 Å². The fourth-order valence-corrected chi connectivity index (χ4v) is 2.36. The third-order valence-corrected chi connectivity index (χ3v) is 4.20. The van der Waals surface area contributed by atoms with Crippen molar-refractivity contribution in [3.63, 3.8) is 0 Å². The van der Waals surface area contributed by atoms with Gasteiger partial charge in [-0.3, -0.25) is 4.79 Å². The summed E-state index contributed by atoms with van der Waals surface area (Å²) in [7, 11) is 1.43. The highest BCUT2D eigenvalue weighted by Crippen LogP contribution is 2.28. The minimum absolute atomic E-state index is 0.211. The number of nitrogens with zero attached hydrogens (tertiary/aromatic N) is 1. The SMILES string of the molecule is COc1cc(/C(C)=N\NC(=O)COc2ccc(Cl)c(C)c2)ccc1OCC(=O)[O-]. The van der Waals surface area contributed by atoms with E-state index < -0.39 is 18.5 Å². The molecule has 8 nitrogen and oxygen atoms in total. The lowest BCUT2D eigenvalue weighted by Gasteiger charge is -2.12. The Kier molecular flexibility index (Phi) is 7.85. The van der Waals surface area contributed by atoms with E-state index in [1.54, 1.807) is 43.3 Å². The average Bonchev–Trinajstić information content (AvgIpc) is 2.71. The zero-order valence-electron chi connectivity index (χ0n) is 16.2. The van der Waals surface area contributed by atoms with Crippen LogP contribution in [0.5, 0.6) is 17.2 Å². The molecule has 0 radical (unpaired) electrons. The Morgan fingerprint density at radius 2 is 1.86 bits per heavy atom. The van der Waals surface area contributed by atoms with Crippen LogP contribution >= 0.6 is 11.6 Å². The van der Waals surface area contributed by atoms with Crippen LogP contribution in [-0.4, -0.2) is 37.9 Å². The number of hydrogen-bond donors (Lipinski definition) is 1. The molecule has 1 N–H and O–H groups in total. The summed E-state index contributed by atoms with van der Waals surface area (Å²) in [6, 6.07) is 9.92. The number of carboxylic acids is 1. The van der Waals surface area contributed by atoms with Gasteiger partial charge in [0.25, 0.3) is 5.91 Å². The Morgan fingerprint density at radius 1 is 1.10 bits per heavy atom. The summed E-state index contributed by atoms with van der Waals surface area (Å²) in [5.74, 6) is -0.667. The Labute approximate surface area is 173 Å². The maximum Gasteiger partial charge on any atom is 0.277 e. The van der Waals surface area contributed by atoms with Crippen molar-refractivity contribution in [3.05, 3.63) is 52.5 Å². The number of halogens is 1. The van der Waals surface area contributed by atoms with E-state index in [9.17, 15) is 14.7 Å². The van der Waals surface area contributed by atoms with Crippen LogP contribution in [0.2, 0.25) is 5.02 Å². The van der Waals surface area contributed by atoms with E-state index >= 15 is 0 Å². The van der Waals surface area contributed by atoms with E-state index in [0.29, 0.717) is 27.8 Å². The van der Waals surface area contributed by atoms with Gasteiger partial charge in [-0.05, 0) is 55.8 Å². The summed E-state index contributed by atoms with van der Waals surface area (Å²) in [6.07, 6.45) is 0. The standard InChI is InChI=1S/C20H21ClN2O6/c1-12-8-15(5-6-16(12)21)28-10-19(24)23-22-13(2)14-4-7-17(18(9-14)27-3)29-11-20(25)26/h4-9H,10-11H2,1-3H3,(H,23,24)(H,25,26)/p-1/b22-13-. The van der Waals surface area contributed by atoms with E-state index in [1.807, 2.05) is 6.92 Å². The number of hydrogen-bond acceptors (Lipinski definition) is 7. The smallest absolute Gasteiger partial charge is 0.277 e. The molecule has 2 aromatic carbocycles. The van der Waals surface area contributed by atoms with Crippen molar-refractivity contribution in [2.45, 2.75) is 13.8 Å². The van der Waals surface area contributed by atoms with Gasteiger partial charge in [0.15, 0.2) is 18.1 Å². The second-order valence-corrected chi connectivity index (χ2v) is 6.37. The summed E-state index contributed by atoms with van der Waals surface area (Å²) in [5, 5.41) is 15.2. The van der Waals surface area contributed by atoms with E-state index in [2.05, 4.69) is 10.5 Å². The molecule has 0 fully saturated rings. The molecular weight excluding hydrogens is 400 g/mol. The molecule has 0 atom stereocenters. The maximum atomic E-state index is 12.0. The van der Waals surface area contributed by atoms with Gasteiger partial charge in [-0.15, -0.1) is 0 Å². The molecule has 2 aromatic rings. The number of nitrogens with one attached hydrogen (secondary N) is 1. The fourth-order valence-electron chi connectivity index (χ4n) is 2.25. The maximum absolute atomic E-state index is 12.0.